The van der Waals surface area contributed by atoms with E-state index in [-0.39, 0.29) is 19.0 Å². The van der Waals surface area contributed by atoms with Crippen molar-refractivity contribution in [1.82, 2.24) is 4.72 Å². The fraction of sp³-hybridized carbons (Fsp3) is 0.350. The highest BCUT2D eigenvalue weighted by Crippen LogP contribution is 2.16. The molecule has 1 atom stereocenters. The molecule has 2 aromatic carbocycles. The Morgan fingerprint density at radius 1 is 1.10 bits per heavy atom. The predicted octanol–water partition coefficient (Wildman–Crippen LogP) is 3.05. The highest BCUT2D eigenvalue weighted by atomic mass is 35.5. The molecule has 1 N–H and O–H groups in total. The van der Waals surface area contributed by atoms with Crippen LogP contribution in [0.25, 0.3) is 0 Å². The summed E-state index contributed by atoms with van der Waals surface area (Å²) in [6.07, 6.45) is 1.69. The third-order valence-electron chi connectivity index (χ3n) is 4.22. The van der Waals surface area contributed by atoms with Crippen LogP contribution in [0.2, 0.25) is 5.02 Å². The van der Waals surface area contributed by atoms with E-state index in [0.717, 1.165) is 16.7 Å². The summed E-state index contributed by atoms with van der Waals surface area (Å²) in [6.45, 7) is 0.409. The molecule has 0 bridgehead atoms. The van der Waals surface area contributed by atoms with E-state index in [9.17, 15) is 19.5 Å². The van der Waals surface area contributed by atoms with Gasteiger partial charge in [0.15, 0.2) is 4.90 Å². The average molecular weight is 455 g/mol. The Morgan fingerprint density at radius 2 is 1.70 bits per heavy atom. The maximum Gasteiger partial charge on any atom is 0.305 e. The van der Waals surface area contributed by atoms with Gasteiger partial charge in [-0.3, -0.25) is 4.79 Å². The van der Waals surface area contributed by atoms with Gasteiger partial charge in [-0.1, -0.05) is 29.8 Å². The molecular formula is C20H23ClN2O6S. The summed E-state index contributed by atoms with van der Waals surface area (Å²) in [7, 11) is 1.34. The normalized spacial score (nSPS) is 11.7. The summed E-state index contributed by atoms with van der Waals surface area (Å²) in [5.74, 6) is -0.307. The molecule has 0 aromatic heterocycles. The van der Waals surface area contributed by atoms with E-state index in [4.69, 9.17) is 11.6 Å². The quantitative estimate of drug-likeness (QED) is 0.227. The van der Waals surface area contributed by atoms with E-state index in [1.165, 1.54) is 7.11 Å². The van der Waals surface area contributed by atoms with Crippen molar-refractivity contribution in [2.45, 2.75) is 30.6 Å². The van der Waals surface area contributed by atoms with Crippen molar-refractivity contribution < 1.29 is 24.0 Å². The first-order valence-corrected chi connectivity index (χ1v) is 10.8. The number of benzene rings is 2. The Morgan fingerprint density at radius 3 is 2.30 bits per heavy atom. The van der Waals surface area contributed by atoms with E-state index in [1.54, 1.807) is 24.3 Å². The molecule has 162 valence electrons. The lowest BCUT2D eigenvalue weighted by Crippen LogP contribution is -2.26. The summed E-state index contributed by atoms with van der Waals surface area (Å²) >= 11 is 4.48. The number of hydrogen-bond acceptors (Lipinski definition) is 7. The molecule has 2 rings (SSSR count). The van der Waals surface area contributed by atoms with Gasteiger partial charge in [-0.2, -0.15) is 0 Å². The number of rotatable bonds is 12. The molecule has 0 aliphatic rings. The molecule has 0 amide bonds. The summed E-state index contributed by atoms with van der Waals surface area (Å²) in [6, 6.07) is 12.6. The second-order valence-corrected chi connectivity index (χ2v) is 8.14. The van der Waals surface area contributed by atoms with Crippen LogP contribution in [0.5, 0.6) is 0 Å². The first-order valence-electron chi connectivity index (χ1n) is 9.24. The lowest BCUT2D eigenvalue weighted by Gasteiger charge is -2.12. The second kappa shape index (κ2) is 12.4. The van der Waals surface area contributed by atoms with Gasteiger partial charge in [0.25, 0.3) is 5.09 Å². The largest absolute Gasteiger partial charge is 0.593 e. The third kappa shape index (κ3) is 8.58. The zero-order valence-corrected chi connectivity index (χ0v) is 18.0. The topological polar surface area (TPSA) is 114 Å². The summed E-state index contributed by atoms with van der Waals surface area (Å²) < 4.78 is 20.0. The Labute approximate surface area is 182 Å². The number of methoxy groups -OCH3 is 1. The van der Waals surface area contributed by atoms with Gasteiger partial charge < -0.3 is 14.1 Å². The van der Waals surface area contributed by atoms with E-state index in [2.05, 4.69) is 14.3 Å². The summed E-state index contributed by atoms with van der Waals surface area (Å²) in [4.78, 5) is 26.8. The maximum atomic E-state index is 12.3. The fourth-order valence-electron chi connectivity index (χ4n) is 2.79. The Kier molecular flexibility index (Phi) is 9.88. The van der Waals surface area contributed by atoms with Crippen LogP contribution in [0.1, 0.15) is 23.1 Å². The molecule has 2 aromatic rings. The monoisotopic (exact) mass is 454 g/mol. The lowest BCUT2D eigenvalue weighted by molar-refractivity contribution is -0.757. The summed E-state index contributed by atoms with van der Waals surface area (Å²) in [5, 5.41) is 10.1. The Bertz CT molecular complexity index is 850. The molecule has 0 radical (unpaired) electrons. The molecule has 10 heteroatoms. The van der Waals surface area contributed by atoms with Gasteiger partial charge in [-0.25, -0.2) is 0 Å². The Balaban J connectivity index is 1.99. The fourth-order valence-corrected chi connectivity index (χ4v) is 3.75. The first kappa shape index (κ1) is 23.9. The van der Waals surface area contributed by atoms with Crippen molar-refractivity contribution in [3.8, 4) is 0 Å². The van der Waals surface area contributed by atoms with Crippen LogP contribution >= 0.6 is 11.6 Å². The van der Waals surface area contributed by atoms with Crippen molar-refractivity contribution in [3.63, 3.8) is 0 Å². The maximum absolute atomic E-state index is 12.3. The molecule has 0 spiro atoms. The minimum atomic E-state index is -1.36. The van der Waals surface area contributed by atoms with Crippen molar-refractivity contribution in [3.05, 3.63) is 74.3 Å². The number of nitrogens with zero attached hydrogens (tertiary/aromatic N) is 1. The van der Waals surface area contributed by atoms with Crippen molar-refractivity contribution in [1.29, 1.82) is 0 Å². The van der Waals surface area contributed by atoms with Gasteiger partial charge in [0, 0.05) is 18.0 Å². The predicted molar refractivity (Wildman–Crippen MR) is 113 cm³/mol. The van der Waals surface area contributed by atoms with Gasteiger partial charge in [0.05, 0.1) is 18.5 Å². The third-order valence-corrected chi connectivity index (χ3v) is 5.64. The van der Waals surface area contributed by atoms with Crippen LogP contribution in [0.4, 0.5) is 0 Å². The zero-order chi connectivity index (χ0) is 21.9. The standard InChI is InChI=1S/C20H23ClN2O6S/c1-28-20(24)7-2-15-12-16(14-17(13-15)9-11-29-23(25)26)8-10-22-30(27)19-5-3-18(21)4-6-19/h3-6,12-14,22H,2,7-11H2,1H3. The van der Waals surface area contributed by atoms with E-state index in [1.807, 2.05) is 18.2 Å². The number of carbonyl (C=O) groups excluding carboxylic acids is 1. The van der Waals surface area contributed by atoms with Crippen LogP contribution in [0, 0.1) is 10.1 Å². The van der Waals surface area contributed by atoms with Gasteiger partial charge in [-0.05, 0) is 60.2 Å². The minimum absolute atomic E-state index is 0.0499. The smallest absolute Gasteiger partial charge is 0.305 e. The zero-order valence-electron chi connectivity index (χ0n) is 16.5. The number of aryl methyl sites for hydroxylation is 1. The van der Waals surface area contributed by atoms with E-state index in [0.29, 0.717) is 35.7 Å². The van der Waals surface area contributed by atoms with E-state index < -0.39 is 16.4 Å². The SMILES string of the molecule is COC(=O)CCc1cc(CCN[S+]([O-])c2ccc(Cl)cc2)cc(CCO[N+](=O)[O-])c1. The molecular weight excluding hydrogens is 432 g/mol. The average Bonchev–Trinajstić information content (AvgIpc) is 2.72. The number of hydrogen-bond donors (Lipinski definition) is 1. The van der Waals surface area contributed by atoms with Crippen molar-refractivity contribution in [2.75, 3.05) is 20.3 Å². The van der Waals surface area contributed by atoms with Crippen LogP contribution < -0.4 is 4.72 Å². The summed E-state index contributed by atoms with van der Waals surface area (Å²) in [5.41, 5.74) is 2.76. The molecule has 0 aliphatic heterocycles. The molecule has 0 aliphatic carbocycles. The lowest BCUT2D eigenvalue weighted by atomic mass is 9.99. The van der Waals surface area contributed by atoms with Crippen molar-refractivity contribution >= 4 is 28.9 Å². The van der Waals surface area contributed by atoms with Gasteiger partial charge in [0.2, 0.25) is 0 Å². The van der Waals surface area contributed by atoms with Crippen LogP contribution in [0.3, 0.4) is 0 Å². The highest BCUT2D eigenvalue weighted by Gasteiger charge is 2.11. The highest BCUT2D eigenvalue weighted by molar-refractivity contribution is 7.89. The number of halogens is 1. The van der Waals surface area contributed by atoms with Gasteiger partial charge >= 0.3 is 5.97 Å². The minimum Gasteiger partial charge on any atom is -0.593 e. The van der Waals surface area contributed by atoms with Crippen LogP contribution in [-0.2, 0) is 45.0 Å². The number of nitrogens with one attached hydrogen (secondary N) is 1. The van der Waals surface area contributed by atoms with E-state index >= 15 is 0 Å². The van der Waals surface area contributed by atoms with Crippen LogP contribution in [0.15, 0.2) is 47.4 Å². The number of carbonyl (C=O) groups is 1. The van der Waals surface area contributed by atoms with Crippen molar-refractivity contribution in [2.24, 2.45) is 0 Å². The first-order chi connectivity index (χ1) is 14.4. The molecule has 30 heavy (non-hydrogen) atoms. The van der Waals surface area contributed by atoms with Gasteiger partial charge in [0.1, 0.15) is 6.61 Å². The molecule has 0 heterocycles. The molecule has 1 unspecified atom stereocenters. The second-order valence-electron chi connectivity index (χ2n) is 6.41. The molecule has 0 saturated heterocycles. The molecule has 0 fully saturated rings. The van der Waals surface area contributed by atoms with Crippen LogP contribution in [-0.4, -0.2) is 35.9 Å². The van der Waals surface area contributed by atoms with Gasteiger partial charge in [-0.15, -0.1) is 14.8 Å². The number of esters is 1. The molecule has 8 nitrogen and oxygen atoms in total. The number of ether oxygens (including phenoxy) is 1. The Hall–Kier alpha value is -2.33. The molecule has 0 saturated carbocycles.